The van der Waals surface area contributed by atoms with Gasteiger partial charge in [-0.2, -0.15) is 0 Å². The lowest BCUT2D eigenvalue weighted by molar-refractivity contribution is -0.131. The van der Waals surface area contributed by atoms with Crippen molar-refractivity contribution in [3.05, 3.63) is 52.9 Å². The van der Waals surface area contributed by atoms with Crippen LogP contribution in [0.2, 0.25) is 0 Å². The lowest BCUT2D eigenvalue weighted by atomic mass is 10.0. The number of amides is 1. The van der Waals surface area contributed by atoms with Crippen LogP contribution in [-0.2, 0) is 17.6 Å². The molecular weight excluding hydrogens is 288 g/mol. The molecule has 122 valence electrons. The van der Waals surface area contributed by atoms with E-state index in [-0.39, 0.29) is 5.91 Å². The fourth-order valence-electron chi connectivity index (χ4n) is 3.50. The average molecular weight is 312 g/mol. The van der Waals surface area contributed by atoms with E-state index in [2.05, 4.69) is 34.3 Å². The summed E-state index contributed by atoms with van der Waals surface area (Å²) >= 11 is 0. The molecule has 1 amide bonds. The second kappa shape index (κ2) is 6.99. The smallest absolute Gasteiger partial charge is 0.223 e. The number of rotatable bonds is 5. The highest BCUT2D eigenvalue weighted by Gasteiger charge is 2.28. The first kappa shape index (κ1) is 15.8. The van der Waals surface area contributed by atoms with Gasteiger partial charge in [0.05, 0.1) is 5.69 Å². The third kappa shape index (κ3) is 3.63. The lowest BCUT2D eigenvalue weighted by Crippen LogP contribution is -2.36. The third-order valence-corrected chi connectivity index (χ3v) is 4.78. The number of aryl methyl sites for hydroxylation is 2. The van der Waals surface area contributed by atoms with Crippen molar-refractivity contribution in [3.8, 4) is 0 Å². The average Bonchev–Trinajstić information content (AvgIpc) is 3.14. The molecule has 4 heteroatoms. The molecule has 1 saturated heterocycles. The van der Waals surface area contributed by atoms with Crippen LogP contribution in [0.1, 0.15) is 41.8 Å². The van der Waals surface area contributed by atoms with Crippen LogP contribution in [0.3, 0.4) is 0 Å². The van der Waals surface area contributed by atoms with E-state index < -0.39 is 0 Å². The second-order valence-electron chi connectivity index (χ2n) is 6.38. The summed E-state index contributed by atoms with van der Waals surface area (Å²) in [6.45, 7) is 4.73. The molecule has 0 radical (unpaired) electrons. The first-order valence-corrected chi connectivity index (χ1v) is 8.40. The van der Waals surface area contributed by atoms with Crippen LogP contribution in [0, 0.1) is 13.8 Å². The minimum atomic E-state index is 0.253. The van der Waals surface area contributed by atoms with Gasteiger partial charge in [0, 0.05) is 24.6 Å². The van der Waals surface area contributed by atoms with E-state index >= 15 is 0 Å². The molecule has 1 aliphatic heterocycles. The van der Waals surface area contributed by atoms with Crippen LogP contribution in [0.4, 0.5) is 0 Å². The molecule has 23 heavy (non-hydrogen) atoms. The Kier molecular flexibility index (Phi) is 4.79. The van der Waals surface area contributed by atoms with Gasteiger partial charge in [-0.15, -0.1) is 0 Å². The van der Waals surface area contributed by atoms with Crippen molar-refractivity contribution < 1.29 is 9.32 Å². The summed E-state index contributed by atoms with van der Waals surface area (Å²) in [5.41, 5.74) is 3.29. The number of carbonyl (C=O) groups excluding carboxylic acids is 1. The fourth-order valence-corrected chi connectivity index (χ4v) is 3.50. The standard InChI is InChI=1S/C19H24N2O2/c1-14-18(15(2)23-20-14)10-11-19(22)21-12-6-9-17(21)13-16-7-4-3-5-8-16/h3-5,7-8,17H,6,9-13H2,1-2H3/t17-/m0/s1. The Hall–Kier alpha value is -2.10. The number of hydrogen-bond acceptors (Lipinski definition) is 3. The van der Waals surface area contributed by atoms with Crippen molar-refractivity contribution in [2.24, 2.45) is 0 Å². The van der Waals surface area contributed by atoms with Gasteiger partial charge in [-0.1, -0.05) is 35.5 Å². The molecule has 2 aromatic rings. The van der Waals surface area contributed by atoms with Crippen molar-refractivity contribution >= 4 is 5.91 Å². The maximum Gasteiger partial charge on any atom is 0.223 e. The van der Waals surface area contributed by atoms with E-state index in [0.29, 0.717) is 18.9 Å². The molecule has 1 aliphatic rings. The predicted molar refractivity (Wildman–Crippen MR) is 89.2 cm³/mol. The third-order valence-electron chi connectivity index (χ3n) is 4.78. The molecule has 1 atom stereocenters. The van der Waals surface area contributed by atoms with Gasteiger partial charge in [0.1, 0.15) is 5.76 Å². The molecule has 1 aromatic heterocycles. The number of likely N-dealkylation sites (tertiary alicyclic amines) is 1. The molecule has 0 saturated carbocycles. The maximum absolute atomic E-state index is 12.6. The van der Waals surface area contributed by atoms with E-state index in [1.54, 1.807) is 0 Å². The maximum atomic E-state index is 12.6. The van der Waals surface area contributed by atoms with Crippen LogP contribution < -0.4 is 0 Å². The summed E-state index contributed by atoms with van der Waals surface area (Å²) in [6.07, 6.45) is 4.42. The molecule has 0 spiro atoms. The Bertz CT molecular complexity index is 644. The van der Waals surface area contributed by atoms with Gasteiger partial charge in [-0.05, 0) is 45.1 Å². The molecule has 1 fully saturated rings. The van der Waals surface area contributed by atoms with Crippen molar-refractivity contribution in [1.82, 2.24) is 10.1 Å². The van der Waals surface area contributed by atoms with Gasteiger partial charge >= 0.3 is 0 Å². The number of benzene rings is 1. The SMILES string of the molecule is Cc1noc(C)c1CCC(=O)N1CCC[C@H]1Cc1ccccc1. The zero-order chi connectivity index (χ0) is 16.2. The quantitative estimate of drug-likeness (QED) is 0.849. The largest absolute Gasteiger partial charge is 0.361 e. The van der Waals surface area contributed by atoms with Crippen molar-refractivity contribution in [2.45, 2.75) is 52.0 Å². The highest BCUT2D eigenvalue weighted by Crippen LogP contribution is 2.23. The van der Waals surface area contributed by atoms with Gasteiger partial charge < -0.3 is 9.42 Å². The molecule has 0 unspecified atom stereocenters. The highest BCUT2D eigenvalue weighted by molar-refractivity contribution is 5.77. The second-order valence-corrected chi connectivity index (χ2v) is 6.38. The van der Waals surface area contributed by atoms with E-state index in [1.165, 1.54) is 5.56 Å². The van der Waals surface area contributed by atoms with Gasteiger partial charge in [-0.3, -0.25) is 4.79 Å². The van der Waals surface area contributed by atoms with E-state index in [4.69, 9.17) is 4.52 Å². The van der Waals surface area contributed by atoms with E-state index in [0.717, 1.165) is 42.8 Å². The Morgan fingerprint density at radius 1 is 1.30 bits per heavy atom. The normalized spacial score (nSPS) is 17.7. The minimum absolute atomic E-state index is 0.253. The van der Waals surface area contributed by atoms with Gasteiger partial charge in [0.25, 0.3) is 0 Å². The van der Waals surface area contributed by atoms with Crippen LogP contribution in [0.5, 0.6) is 0 Å². The molecule has 3 rings (SSSR count). The fraction of sp³-hybridized carbons (Fsp3) is 0.474. The number of nitrogens with zero attached hydrogens (tertiary/aromatic N) is 2. The summed E-state index contributed by atoms with van der Waals surface area (Å²) < 4.78 is 5.18. The summed E-state index contributed by atoms with van der Waals surface area (Å²) in [7, 11) is 0. The Labute approximate surface area is 137 Å². The number of aromatic nitrogens is 1. The van der Waals surface area contributed by atoms with Gasteiger partial charge in [-0.25, -0.2) is 0 Å². The first-order valence-electron chi connectivity index (χ1n) is 8.40. The van der Waals surface area contributed by atoms with E-state index in [9.17, 15) is 4.79 Å². The first-order chi connectivity index (χ1) is 11.1. The van der Waals surface area contributed by atoms with Crippen LogP contribution >= 0.6 is 0 Å². The predicted octanol–water partition coefficient (Wildman–Crippen LogP) is 3.46. The van der Waals surface area contributed by atoms with Gasteiger partial charge in [0.15, 0.2) is 0 Å². The van der Waals surface area contributed by atoms with Crippen molar-refractivity contribution in [3.63, 3.8) is 0 Å². The van der Waals surface area contributed by atoms with Crippen molar-refractivity contribution in [1.29, 1.82) is 0 Å². The van der Waals surface area contributed by atoms with Gasteiger partial charge in [0.2, 0.25) is 5.91 Å². The summed E-state index contributed by atoms with van der Waals surface area (Å²) in [4.78, 5) is 14.7. The Morgan fingerprint density at radius 3 is 2.78 bits per heavy atom. The topological polar surface area (TPSA) is 46.3 Å². The zero-order valence-electron chi connectivity index (χ0n) is 13.9. The molecule has 2 heterocycles. The molecule has 0 aliphatic carbocycles. The zero-order valence-corrected chi connectivity index (χ0v) is 13.9. The molecule has 4 nitrogen and oxygen atoms in total. The van der Waals surface area contributed by atoms with Crippen LogP contribution in [0.25, 0.3) is 0 Å². The van der Waals surface area contributed by atoms with Crippen molar-refractivity contribution in [2.75, 3.05) is 6.54 Å². The molecule has 0 N–H and O–H groups in total. The summed E-state index contributed by atoms with van der Waals surface area (Å²) in [5.74, 6) is 1.08. The van der Waals surface area contributed by atoms with E-state index in [1.807, 2.05) is 19.9 Å². The Balaban J connectivity index is 1.60. The van der Waals surface area contributed by atoms with Crippen LogP contribution in [-0.4, -0.2) is 28.6 Å². The monoisotopic (exact) mass is 312 g/mol. The summed E-state index contributed by atoms with van der Waals surface area (Å²) in [5, 5.41) is 3.96. The van der Waals surface area contributed by atoms with Crippen LogP contribution in [0.15, 0.2) is 34.9 Å². The number of hydrogen-bond donors (Lipinski definition) is 0. The molecule has 0 bridgehead atoms. The number of carbonyl (C=O) groups is 1. The molecule has 1 aromatic carbocycles. The lowest BCUT2D eigenvalue weighted by Gasteiger charge is -2.25. The summed E-state index contributed by atoms with van der Waals surface area (Å²) in [6, 6.07) is 10.8. The minimum Gasteiger partial charge on any atom is -0.361 e. The highest BCUT2D eigenvalue weighted by atomic mass is 16.5. The molecular formula is C19H24N2O2. The Morgan fingerprint density at radius 2 is 2.09 bits per heavy atom.